The van der Waals surface area contributed by atoms with Gasteiger partial charge in [0.15, 0.2) is 0 Å². The fourth-order valence-corrected chi connectivity index (χ4v) is 1.69. The summed E-state index contributed by atoms with van der Waals surface area (Å²) in [5.74, 6) is 0.573. The molecule has 2 aromatic rings. The van der Waals surface area contributed by atoms with Crippen LogP contribution in [0.25, 0.3) is 0 Å². The quantitative estimate of drug-likeness (QED) is 0.859. The van der Waals surface area contributed by atoms with Crippen LogP contribution in [0.4, 0.5) is 0 Å². The summed E-state index contributed by atoms with van der Waals surface area (Å²) in [5.41, 5.74) is 1.75. The van der Waals surface area contributed by atoms with Crippen LogP contribution in [0, 0.1) is 0 Å². The van der Waals surface area contributed by atoms with Gasteiger partial charge in [-0.1, -0.05) is 6.07 Å². The second-order valence-corrected chi connectivity index (χ2v) is 3.81. The van der Waals surface area contributed by atoms with Crippen LogP contribution < -0.4 is 4.74 Å². The minimum absolute atomic E-state index is 0.510. The average Bonchev–Trinajstić information content (AvgIpc) is 2.76. The molecule has 2 rings (SSSR count). The van der Waals surface area contributed by atoms with E-state index in [0.717, 1.165) is 11.3 Å². The van der Waals surface area contributed by atoms with E-state index in [2.05, 4.69) is 10.1 Å². The van der Waals surface area contributed by atoms with Crippen molar-refractivity contribution in [2.45, 2.75) is 12.5 Å². The van der Waals surface area contributed by atoms with Gasteiger partial charge in [-0.15, -0.1) is 0 Å². The predicted molar refractivity (Wildman–Crippen MR) is 62.7 cm³/mol. The third-order valence-electron chi connectivity index (χ3n) is 2.64. The van der Waals surface area contributed by atoms with Crippen LogP contribution >= 0.6 is 0 Å². The van der Waals surface area contributed by atoms with Crippen LogP contribution in [0.5, 0.6) is 5.88 Å². The van der Waals surface area contributed by atoms with E-state index in [4.69, 9.17) is 4.74 Å². The normalized spacial score (nSPS) is 12.4. The van der Waals surface area contributed by atoms with E-state index in [1.807, 2.05) is 19.2 Å². The predicted octanol–water partition coefficient (Wildman–Crippen LogP) is 1.10. The van der Waals surface area contributed by atoms with Crippen molar-refractivity contribution >= 4 is 0 Å². The molecule has 1 atom stereocenters. The van der Waals surface area contributed by atoms with E-state index in [0.29, 0.717) is 12.3 Å². The molecule has 0 aromatic carbocycles. The van der Waals surface area contributed by atoms with Crippen molar-refractivity contribution < 1.29 is 9.84 Å². The van der Waals surface area contributed by atoms with Crippen LogP contribution in [0.15, 0.2) is 30.6 Å². The summed E-state index contributed by atoms with van der Waals surface area (Å²) in [5, 5.41) is 14.1. The number of ether oxygens (including phenoxy) is 1. The highest BCUT2D eigenvalue weighted by Crippen LogP contribution is 2.17. The van der Waals surface area contributed by atoms with E-state index >= 15 is 0 Å². The van der Waals surface area contributed by atoms with Gasteiger partial charge in [0.1, 0.15) is 0 Å². The Labute approximate surface area is 99.7 Å². The highest BCUT2D eigenvalue weighted by Gasteiger charge is 2.12. The maximum atomic E-state index is 10.1. The van der Waals surface area contributed by atoms with Gasteiger partial charge in [0.25, 0.3) is 0 Å². The van der Waals surface area contributed by atoms with Crippen molar-refractivity contribution in [3.63, 3.8) is 0 Å². The molecule has 0 saturated carbocycles. The number of hydrogen-bond donors (Lipinski definition) is 1. The third kappa shape index (κ3) is 2.62. The molecule has 0 bridgehead atoms. The van der Waals surface area contributed by atoms with Gasteiger partial charge in [0.2, 0.25) is 5.88 Å². The Kier molecular flexibility index (Phi) is 3.39. The molecular formula is C12H15N3O2. The molecule has 5 nitrogen and oxygen atoms in total. The smallest absolute Gasteiger partial charge is 0.212 e. The van der Waals surface area contributed by atoms with E-state index < -0.39 is 6.10 Å². The molecule has 1 unspecified atom stereocenters. The summed E-state index contributed by atoms with van der Waals surface area (Å²) in [6, 6.07) is 5.48. The van der Waals surface area contributed by atoms with Crippen molar-refractivity contribution in [3.8, 4) is 5.88 Å². The Morgan fingerprint density at radius 3 is 2.76 bits per heavy atom. The SMILES string of the molecule is COc1ccc(CC(O)c2ccnn2C)cn1. The molecule has 0 aliphatic rings. The molecule has 0 radical (unpaired) electrons. The van der Waals surface area contributed by atoms with Crippen molar-refractivity contribution in [3.05, 3.63) is 41.9 Å². The summed E-state index contributed by atoms with van der Waals surface area (Å²) in [7, 11) is 3.39. The zero-order valence-electron chi connectivity index (χ0n) is 9.87. The Morgan fingerprint density at radius 2 is 2.24 bits per heavy atom. The summed E-state index contributed by atoms with van der Waals surface area (Å²) in [6.07, 6.45) is 3.32. The Bertz CT molecular complexity index is 479. The first-order valence-corrected chi connectivity index (χ1v) is 5.35. The molecule has 5 heteroatoms. The van der Waals surface area contributed by atoms with Gasteiger partial charge >= 0.3 is 0 Å². The van der Waals surface area contributed by atoms with E-state index in [1.165, 1.54) is 0 Å². The van der Waals surface area contributed by atoms with Gasteiger partial charge in [-0.05, 0) is 11.6 Å². The van der Waals surface area contributed by atoms with E-state index in [1.54, 1.807) is 30.3 Å². The first-order valence-electron chi connectivity index (χ1n) is 5.35. The lowest BCUT2D eigenvalue weighted by Gasteiger charge is -2.11. The van der Waals surface area contributed by atoms with Crippen molar-refractivity contribution in [2.24, 2.45) is 7.05 Å². The molecule has 2 aromatic heterocycles. The largest absolute Gasteiger partial charge is 0.481 e. The summed E-state index contributed by atoms with van der Waals surface area (Å²) in [6.45, 7) is 0. The Balaban J connectivity index is 2.07. The van der Waals surface area contributed by atoms with E-state index in [-0.39, 0.29) is 0 Å². The Hall–Kier alpha value is -1.88. The number of hydrogen-bond acceptors (Lipinski definition) is 4. The maximum Gasteiger partial charge on any atom is 0.212 e. The van der Waals surface area contributed by atoms with Crippen LogP contribution in [0.1, 0.15) is 17.4 Å². The topological polar surface area (TPSA) is 60.2 Å². The zero-order valence-corrected chi connectivity index (χ0v) is 9.87. The number of aliphatic hydroxyl groups excluding tert-OH is 1. The molecular weight excluding hydrogens is 218 g/mol. The van der Waals surface area contributed by atoms with Gasteiger partial charge < -0.3 is 9.84 Å². The summed E-state index contributed by atoms with van der Waals surface area (Å²) in [4.78, 5) is 4.10. The van der Waals surface area contributed by atoms with Gasteiger partial charge in [0.05, 0.1) is 18.9 Å². The highest BCUT2D eigenvalue weighted by atomic mass is 16.5. The second kappa shape index (κ2) is 4.97. The lowest BCUT2D eigenvalue weighted by Crippen LogP contribution is -2.08. The number of nitrogens with zero attached hydrogens (tertiary/aromatic N) is 3. The van der Waals surface area contributed by atoms with Crippen molar-refractivity contribution in [2.75, 3.05) is 7.11 Å². The molecule has 0 amide bonds. The monoisotopic (exact) mass is 233 g/mol. The first kappa shape index (κ1) is 11.6. The fourth-order valence-electron chi connectivity index (χ4n) is 1.69. The van der Waals surface area contributed by atoms with Crippen LogP contribution in [-0.2, 0) is 13.5 Å². The summed E-state index contributed by atoms with van der Waals surface area (Å²) >= 11 is 0. The molecule has 0 aliphatic carbocycles. The van der Waals surface area contributed by atoms with Gasteiger partial charge in [-0.3, -0.25) is 4.68 Å². The second-order valence-electron chi connectivity index (χ2n) is 3.81. The molecule has 1 N–H and O–H groups in total. The van der Waals surface area contributed by atoms with Crippen LogP contribution in [-0.4, -0.2) is 27.0 Å². The summed E-state index contributed by atoms with van der Waals surface area (Å²) < 4.78 is 6.65. The molecule has 17 heavy (non-hydrogen) atoms. The number of aromatic nitrogens is 3. The van der Waals surface area contributed by atoms with Crippen molar-refractivity contribution in [1.29, 1.82) is 0 Å². The van der Waals surface area contributed by atoms with E-state index in [9.17, 15) is 5.11 Å². The van der Waals surface area contributed by atoms with Crippen LogP contribution in [0.2, 0.25) is 0 Å². The molecule has 0 aliphatic heterocycles. The number of rotatable bonds is 4. The molecule has 0 fully saturated rings. The third-order valence-corrected chi connectivity index (χ3v) is 2.64. The Morgan fingerprint density at radius 1 is 1.41 bits per heavy atom. The van der Waals surface area contributed by atoms with Crippen LogP contribution in [0.3, 0.4) is 0 Å². The molecule has 2 heterocycles. The minimum atomic E-state index is -0.572. The lowest BCUT2D eigenvalue weighted by molar-refractivity contribution is 0.168. The first-order chi connectivity index (χ1) is 8.20. The number of pyridine rings is 1. The number of aryl methyl sites for hydroxylation is 1. The van der Waals surface area contributed by atoms with Gasteiger partial charge in [0, 0.05) is 31.9 Å². The molecule has 90 valence electrons. The molecule has 0 spiro atoms. The van der Waals surface area contributed by atoms with Crippen molar-refractivity contribution in [1.82, 2.24) is 14.8 Å². The van der Waals surface area contributed by atoms with Gasteiger partial charge in [-0.25, -0.2) is 4.98 Å². The highest BCUT2D eigenvalue weighted by molar-refractivity contribution is 5.19. The number of aliphatic hydroxyl groups is 1. The maximum absolute atomic E-state index is 10.1. The average molecular weight is 233 g/mol. The lowest BCUT2D eigenvalue weighted by atomic mass is 10.1. The molecule has 0 saturated heterocycles. The zero-order chi connectivity index (χ0) is 12.3. The standard InChI is InChI=1S/C12H15N3O2/c1-15-10(5-6-14-15)11(16)7-9-3-4-12(17-2)13-8-9/h3-6,8,11,16H,7H2,1-2H3. The van der Waals surface area contributed by atoms with Gasteiger partial charge in [-0.2, -0.15) is 5.10 Å². The minimum Gasteiger partial charge on any atom is -0.481 e. The number of methoxy groups -OCH3 is 1. The fraction of sp³-hybridized carbons (Fsp3) is 0.333.